The molecule has 8 heteroatoms. The van der Waals surface area contributed by atoms with Crippen LogP contribution in [-0.2, 0) is 19.1 Å². The highest BCUT2D eigenvalue weighted by Gasteiger charge is 2.41. The minimum atomic E-state index is -0.622. The number of hydrogen-bond acceptors (Lipinski definition) is 7. The van der Waals surface area contributed by atoms with Gasteiger partial charge in [0, 0.05) is 19.1 Å². The number of amidine groups is 1. The van der Waals surface area contributed by atoms with E-state index in [-0.39, 0.29) is 12.5 Å². The Morgan fingerprint density at radius 1 is 1.30 bits per heavy atom. The number of esters is 2. The van der Waals surface area contributed by atoms with Crippen molar-refractivity contribution in [2.75, 3.05) is 12.4 Å². The summed E-state index contributed by atoms with van der Waals surface area (Å²) in [6, 6.07) is 6.14. The molecule has 27 heavy (non-hydrogen) atoms. The summed E-state index contributed by atoms with van der Waals surface area (Å²) in [5.41, 5.74) is 1.60. The Bertz CT molecular complexity index is 844. The predicted octanol–water partition coefficient (Wildman–Crippen LogP) is 2.83. The summed E-state index contributed by atoms with van der Waals surface area (Å²) >= 11 is 1.49. The van der Waals surface area contributed by atoms with E-state index in [1.165, 1.54) is 18.7 Å². The molecule has 1 amide bonds. The fourth-order valence-corrected chi connectivity index (χ4v) is 4.07. The van der Waals surface area contributed by atoms with E-state index in [2.05, 4.69) is 4.99 Å². The van der Waals surface area contributed by atoms with E-state index >= 15 is 0 Å². The number of ether oxygens (including phenoxy) is 2. The van der Waals surface area contributed by atoms with Gasteiger partial charge in [-0.2, -0.15) is 0 Å². The zero-order chi connectivity index (χ0) is 19.6. The van der Waals surface area contributed by atoms with E-state index < -0.39 is 18.0 Å². The maximum absolute atomic E-state index is 12.6. The second-order valence-electron chi connectivity index (χ2n) is 6.04. The van der Waals surface area contributed by atoms with Gasteiger partial charge in [0.15, 0.2) is 5.17 Å². The summed E-state index contributed by atoms with van der Waals surface area (Å²) in [6.07, 6.45) is 0.376. The van der Waals surface area contributed by atoms with E-state index in [4.69, 9.17) is 9.47 Å². The summed E-state index contributed by atoms with van der Waals surface area (Å²) < 4.78 is 10.3. The third kappa shape index (κ3) is 3.90. The van der Waals surface area contributed by atoms with Gasteiger partial charge in [-0.1, -0.05) is 23.9 Å². The first-order chi connectivity index (χ1) is 12.9. The van der Waals surface area contributed by atoms with Gasteiger partial charge in [-0.05, 0) is 31.5 Å². The Labute approximate surface area is 161 Å². The van der Waals surface area contributed by atoms with Crippen LogP contribution in [0, 0.1) is 0 Å². The van der Waals surface area contributed by atoms with Crippen LogP contribution in [0.4, 0.5) is 0 Å². The fourth-order valence-electron chi connectivity index (χ4n) is 3.07. The first-order valence-electron chi connectivity index (χ1n) is 8.62. The molecule has 2 aliphatic heterocycles. The van der Waals surface area contributed by atoms with E-state index in [1.54, 1.807) is 43.0 Å². The molecule has 0 unspecified atom stereocenters. The van der Waals surface area contributed by atoms with Crippen molar-refractivity contribution in [3.63, 3.8) is 0 Å². The standard InChI is InChI=1S/C19H20N2O5S/c1-4-25-18(24)16-11(2)20-19-21(15(23)9-10-27-19)17(16)13-5-7-14(8-6-13)26-12(3)22/h5-8,17H,4,9-10H2,1-3H3/t17-/m1/s1. The van der Waals surface area contributed by atoms with Gasteiger partial charge in [-0.15, -0.1) is 0 Å². The van der Waals surface area contributed by atoms with Crippen molar-refractivity contribution in [3.05, 3.63) is 41.1 Å². The minimum absolute atomic E-state index is 0.0872. The summed E-state index contributed by atoms with van der Waals surface area (Å²) in [5.74, 6) is 0.0639. The lowest BCUT2D eigenvalue weighted by atomic mass is 9.94. The van der Waals surface area contributed by atoms with Crippen LogP contribution in [0.2, 0.25) is 0 Å². The van der Waals surface area contributed by atoms with E-state index in [0.717, 1.165) is 5.56 Å². The third-order valence-corrected chi connectivity index (χ3v) is 5.11. The second-order valence-corrected chi connectivity index (χ2v) is 7.10. The van der Waals surface area contributed by atoms with Gasteiger partial charge in [-0.3, -0.25) is 14.5 Å². The number of amides is 1. The van der Waals surface area contributed by atoms with Crippen LogP contribution >= 0.6 is 11.8 Å². The number of carbonyl (C=O) groups is 3. The van der Waals surface area contributed by atoms with Crippen molar-refractivity contribution < 1.29 is 23.9 Å². The molecule has 142 valence electrons. The van der Waals surface area contributed by atoms with E-state index in [1.807, 2.05) is 0 Å². The van der Waals surface area contributed by atoms with Gasteiger partial charge >= 0.3 is 11.9 Å². The average molecular weight is 388 g/mol. The molecule has 1 atom stereocenters. The molecule has 7 nitrogen and oxygen atoms in total. The lowest BCUT2D eigenvalue weighted by Crippen LogP contribution is -2.45. The minimum Gasteiger partial charge on any atom is -0.463 e. The summed E-state index contributed by atoms with van der Waals surface area (Å²) in [4.78, 5) is 42.4. The molecular formula is C19H20N2O5S. The third-order valence-electron chi connectivity index (χ3n) is 4.16. The van der Waals surface area contributed by atoms with Gasteiger partial charge in [-0.25, -0.2) is 9.79 Å². The van der Waals surface area contributed by atoms with Crippen LogP contribution < -0.4 is 4.74 Å². The summed E-state index contributed by atoms with van der Waals surface area (Å²) in [7, 11) is 0. The maximum atomic E-state index is 12.6. The van der Waals surface area contributed by atoms with Crippen LogP contribution in [0.3, 0.4) is 0 Å². The molecule has 3 rings (SSSR count). The maximum Gasteiger partial charge on any atom is 0.338 e. The van der Waals surface area contributed by atoms with Crippen molar-refractivity contribution in [2.45, 2.75) is 33.2 Å². The van der Waals surface area contributed by atoms with Crippen molar-refractivity contribution in [2.24, 2.45) is 4.99 Å². The molecule has 1 fully saturated rings. The predicted molar refractivity (Wildman–Crippen MR) is 101 cm³/mol. The first-order valence-corrected chi connectivity index (χ1v) is 9.60. The van der Waals surface area contributed by atoms with Gasteiger partial charge < -0.3 is 9.47 Å². The molecule has 1 saturated heterocycles. The van der Waals surface area contributed by atoms with Crippen LogP contribution in [0.15, 0.2) is 40.5 Å². The van der Waals surface area contributed by atoms with E-state index in [0.29, 0.717) is 34.4 Å². The van der Waals surface area contributed by atoms with E-state index in [9.17, 15) is 14.4 Å². The molecule has 0 radical (unpaired) electrons. The van der Waals surface area contributed by atoms with Gasteiger partial charge in [0.25, 0.3) is 0 Å². The molecule has 2 heterocycles. The topological polar surface area (TPSA) is 85.3 Å². The van der Waals surface area contributed by atoms with Crippen molar-refractivity contribution in [1.29, 1.82) is 0 Å². The number of nitrogens with zero attached hydrogens (tertiary/aromatic N) is 2. The Morgan fingerprint density at radius 2 is 2.00 bits per heavy atom. The highest BCUT2D eigenvalue weighted by molar-refractivity contribution is 8.14. The molecular weight excluding hydrogens is 368 g/mol. The number of fused-ring (bicyclic) bond motifs is 1. The smallest absolute Gasteiger partial charge is 0.338 e. The number of allylic oxidation sites excluding steroid dienone is 1. The van der Waals surface area contributed by atoms with Crippen molar-refractivity contribution in [1.82, 2.24) is 4.90 Å². The monoisotopic (exact) mass is 388 g/mol. The molecule has 0 spiro atoms. The number of thioether (sulfide) groups is 1. The van der Waals surface area contributed by atoms with Crippen molar-refractivity contribution in [3.8, 4) is 5.75 Å². The van der Waals surface area contributed by atoms with Crippen molar-refractivity contribution >= 4 is 34.8 Å². The molecule has 1 aromatic rings. The fraction of sp³-hybridized carbons (Fsp3) is 0.368. The molecule has 0 N–H and O–H groups in total. The number of aliphatic imine (C=N–C) groups is 1. The van der Waals surface area contributed by atoms with Gasteiger partial charge in [0.05, 0.1) is 23.9 Å². The first kappa shape index (κ1) is 19.2. The molecule has 0 aromatic heterocycles. The number of carbonyl (C=O) groups excluding carboxylic acids is 3. The zero-order valence-electron chi connectivity index (χ0n) is 15.4. The molecule has 2 aliphatic rings. The number of hydrogen-bond donors (Lipinski definition) is 0. The Morgan fingerprint density at radius 3 is 2.63 bits per heavy atom. The SMILES string of the molecule is CCOC(=O)C1=C(C)N=C2SCCC(=O)N2[C@@H]1c1ccc(OC(C)=O)cc1. The normalized spacial score (nSPS) is 19.4. The molecule has 0 bridgehead atoms. The molecule has 0 saturated carbocycles. The highest BCUT2D eigenvalue weighted by Crippen LogP contribution is 2.40. The number of rotatable bonds is 4. The van der Waals surface area contributed by atoms with Crippen LogP contribution in [0.25, 0.3) is 0 Å². The van der Waals surface area contributed by atoms with Crippen LogP contribution in [-0.4, -0.2) is 40.3 Å². The molecule has 1 aromatic carbocycles. The summed E-state index contributed by atoms with van der Waals surface area (Å²) in [5, 5.41) is 0.589. The Balaban J connectivity index is 2.06. The zero-order valence-corrected chi connectivity index (χ0v) is 16.2. The number of benzene rings is 1. The average Bonchev–Trinajstić information content (AvgIpc) is 2.61. The second kappa shape index (κ2) is 7.96. The quantitative estimate of drug-likeness (QED) is 0.582. The Hall–Kier alpha value is -2.61. The van der Waals surface area contributed by atoms with Crippen LogP contribution in [0.5, 0.6) is 5.75 Å². The van der Waals surface area contributed by atoms with Gasteiger partial charge in [0.2, 0.25) is 5.91 Å². The molecule has 0 aliphatic carbocycles. The summed E-state index contributed by atoms with van der Waals surface area (Å²) in [6.45, 7) is 5.03. The lowest BCUT2D eigenvalue weighted by molar-refractivity contribution is -0.139. The largest absolute Gasteiger partial charge is 0.463 e. The van der Waals surface area contributed by atoms with Crippen LogP contribution in [0.1, 0.15) is 38.8 Å². The van der Waals surface area contributed by atoms with Gasteiger partial charge in [0.1, 0.15) is 5.75 Å². The lowest BCUT2D eigenvalue weighted by Gasteiger charge is -2.38. The Kier molecular flexibility index (Phi) is 5.65. The highest BCUT2D eigenvalue weighted by atomic mass is 32.2.